The van der Waals surface area contributed by atoms with Crippen LogP contribution in [0.15, 0.2) is 6.07 Å². The van der Waals surface area contributed by atoms with Crippen LogP contribution < -0.4 is 5.73 Å². The highest BCUT2D eigenvalue weighted by Crippen LogP contribution is 2.37. The summed E-state index contributed by atoms with van der Waals surface area (Å²) in [4.78, 5) is 0. The number of nitrogen functional groups attached to an aromatic ring is 1. The number of hydrogen-bond donors (Lipinski definition) is 1. The van der Waals surface area contributed by atoms with Gasteiger partial charge in [-0.15, -0.1) is 17.0 Å². The maximum Gasteiger partial charge on any atom is 0.417 e. The summed E-state index contributed by atoms with van der Waals surface area (Å²) >= 11 is 0. The largest absolute Gasteiger partial charge is 0.417 e. The Bertz CT molecular complexity index is 346. The number of halogens is 4. The van der Waals surface area contributed by atoms with Crippen LogP contribution >= 0.6 is 17.0 Å². The third-order valence-corrected chi connectivity index (χ3v) is 2.43. The highest BCUT2D eigenvalue weighted by molar-refractivity contribution is 8.93. The zero-order chi connectivity index (χ0) is 11.1. The van der Waals surface area contributed by atoms with Gasteiger partial charge in [0.15, 0.2) is 0 Å². The first-order chi connectivity index (χ1) is 6.25. The van der Waals surface area contributed by atoms with Crippen LogP contribution in [0.25, 0.3) is 0 Å². The SMILES string of the molecule is Br.Cc1cc(N)c(C)c(C(F)(F)F)c1C. The highest BCUT2D eigenvalue weighted by Gasteiger charge is 2.35. The van der Waals surface area contributed by atoms with E-state index in [2.05, 4.69) is 0 Å². The minimum Gasteiger partial charge on any atom is -0.398 e. The Kier molecular flexibility index (Phi) is 4.22. The van der Waals surface area contributed by atoms with Gasteiger partial charge < -0.3 is 5.73 Å². The Morgan fingerprint density at radius 2 is 1.53 bits per heavy atom. The first kappa shape index (κ1) is 14.3. The second kappa shape index (κ2) is 4.43. The third-order valence-electron chi connectivity index (χ3n) is 2.43. The van der Waals surface area contributed by atoms with E-state index in [9.17, 15) is 13.2 Å². The number of alkyl halides is 3. The van der Waals surface area contributed by atoms with Crippen molar-refractivity contribution in [3.05, 3.63) is 28.3 Å². The van der Waals surface area contributed by atoms with Gasteiger partial charge in [-0.25, -0.2) is 0 Å². The van der Waals surface area contributed by atoms with E-state index in [4.69, 9.17) is 5.73 Å². The molecule has 1 nitrogen and oxygen atoms in total. The van der Waals surface area contributed by atoms with Crippen molar-refractivity contribution in [2.24, 2.45) is 0 Å². The van der Waals surface area contributed by atoms with Crippen LogP contribution in [-0.4, -0.2) is 0 Å². The normalized spacial score (nSPS) is 11.1. The molecular weight excluding hydrogens is 271 g/mol. The van der Waals surface area contributed by atoms with Crippen LogP contribution in [0.1, 0.15) is 22.3 Å². The molecule has 0 fully saturated rings. The number of benzene rings is 1. The van der Waals surface area contributed by atoms with E-state index in [0.717, 1.165) is 0 Å². The second-order valence-corrected chi connectivity index (χ2v) is 3.41. The third kappa shape index (κ3) is 2.65. The number of rotatable bonds is 0. The van der Waals surface area contributed by atoms with Gasteiger partial charge in [0.05, 0.1) is 5.56 Å². The van der Waals surface area contributed by atoms with Gasteiger partial charge >= 0.3 is 6.18 Å². The van der Waals surface area contributed by atoms with Gasteiger partial charge in [-0.2, -0.15) is 13.2 Å². The van der Waals surface area contributed by atoms with E-state index in [1.807, 2.05) is 0 Å². The van der Waals surface area contributed by atoms with Crippen molar-refractivity contribution in [1.82, 2.24) is 0 Å². The molecule has 15 heavy (non-hydrogen) atoms. The number of aryl methyl sites for hydroxylation is 1. The average Bonchev–Trinajstić information content (AvgIpc) is 1.98. The molecule has 0 spiro atoms. The topological polar surface area (TPSA) is 26.0 Å². The lowest BCUT2D eigenvalue weighted by Gasteiger charge is -2.17. The van der Waals surface area contributed by atoms with Gasteiger partial charge in [0.25, 0.3) is 0 Å². The molecule has 0 atom stereocenters. The number of hydrogen-bond acceptors (Lipinski definition) is 1. The van der Waals surface area contributed by atoms with E-state index in [0.29, 0.717) is 5.56 Å². The molecule has 0 aliphatic rings. The summed E-state index contributed by atoms with van der Waals surface area (Å²) in [6, 6.07) is 1.57. The predicted octanol–water partition coefficient (Wildman–Crippen LogP) is 3.79. The van der Waals surface area contributed by atoms with Gasteiger partial charge in [-0.3, -0.25) is 0 Å². The van der Waals surface area contributed by atoms with Gasteiger partial charge in [0.2, 0.25) is 0 Å². The van der Waals surface area contributed by atoms with Crippen molar-refractivity contribution >= 4 is 22.7 Å². The maximum atomic E-state index is 12.6. The van der Waals surface area contributed by atoms with Crippen LogP contribution in [0.4, 0.5) is 18.9 Å². The van der Waals surface area contributed by atoms with Crippen molar-refractivity contribution < 1.29 is 13.2 Å². The van der Waals surface area contributed by atoms with Crippen molar-refractivity contribution in [2.45, 2.75) is 26.9 Å². The maximum absolute atomic E-state index is 12.6. The lowest BCUT2D eigenvalue weighted by molar-refractivity contribution is -0.138. The molecule has 0 amide bonds. The quantitative estimate of drug-likeness (QED) is 0.721. The Labute approximate surface area is 97.2 Å². The first-order valence-electron chi connectivity index (χ1n) is 4.18. The van der Waals surface area contributed by atoms with Crippen LogP contribution in [0.3, 0.4) is 0 Å². The molecule has 0 aromatic heterocycles. The van der Waals surface area contributed by atoms with Crippen molar-refractivity contribution in [3.8, 4) is 0 Å². The molecular formula is C10H13BrF3N. The molecule has 86 valence electrons. The van der Waals surface area contributed by atoms with Crippen LogP contribution in [0.5, 0.6) is 0 Å². The van der Waals surface area contributed by atoms with E-state index < -0.39 is 11.7 Å². The Balaban J connectivity index is 0.00000196. The molecule has 1 aromatic rings. The van der Waals surface area contributed by atoms with Gasteiger partial charge in [0, 0.05) is 5.69 Å². The lowest BCUT2D eigenvalue weighted by atomic mass is 9.96. The van der Waals surface area contributed by atoms with E-state index in [-0.39, 0.29) is 33.8 Å². The Morgan fingerprint density at radius 1 is 1.07 bits per heavy atom. The molecule has 0 unspecified atom stereocenters. The van der Waals surface area contributed by atoms with Crippen molar-refractivity contribution in [2.75, 3.05) is 5.73 Å². The minimum absolute atomic E-state index is 0. The molecule has 0 saturated carbocycles. The van der Waals surface area contributed by atoms with Crippen LogP contribution in [-0.2, 0) is 6.18 Å². The fourth-order valence-electron chi connectivity index (χ4n) is 1.50. The molecule has 2 N–H and O–H groups in total. The van der Waals surface area contributed by atoms with Crippen LogP contribution in [0.2, 0.25) is 0 Å². The van der Waals surface area contributed by atoms with E-state index >= 15 is 0 Å². The van der Waals surface area contributed by atoms with E-state index in [1.54, 1.807) is 13.0 Å². The molecule has 0 bridgehead atoms. The number of anilines is 1. The summed E-state index contributed by atoms with van der Waals surface area (Å²) in [5.41, 5.74) is 6.02. The first-order valence-corrected chi connectivity index (χ1v) is 4.18. The summed E-state index contributed by atoms with van der Waals surface area (Å²) in [6.07, 6.45) is -4.33. The summed E-state index contributed by atoms with van der Waals surface area (Å²) in [5.74, 6) is 0. The zero-order valence-corrected chi connectivity index (χ0v) is 10.4. The molecule has 0 saturated heterocycles. The number of nitrogens with two attached hydrogens (primary N) is 1. The molecule has 1 rings (SSSR count). The molecule has 0 aliphatic heterocycles. The fourth-order valence-corrected chi connectivity index (χ4v) is 1.50. The molecule has 0 heterocycles. The fraction of sp³-hybridized carbons (Fsp3) is 0.400. The summed E-state index contributed by atoms with van der Waals surface area (Å²) in [5, 5.41) is 0. The van der Waals surface area contributed by atoms with Gasteiger partial charge in [0.1, 0.15) is 0 Å². The van der Waals surface area contributed by atoms with Crippen molar-refractivity contribution in [3.63, 3.8) is 0 Å². The molecule has 1 aromatic carbocycles. The van der Waals surface area contributed by atoms with Crippen molar-refractivity contribution in [1.29, 1.82) is 0 Å². The predicted molar refractivity (Wildman–Crippen MR) is 60.4 cm³/mol. The second-order valence-electron chi connectivity index (χ2n) is 3.41. The molecule has 0 aliphatic carbocycles. The standard InChI is InChI=1S/C10H12F3N.BrH/c1-5-4-8(14)7(3)9(6(5)2)10(11,12)13;/h4H,14H2,1-3H3;1H. The highest BCUT2D eigenvalue weighted by atomic mass is 79.9. The van der Waals surface area contributed by atoms with Gasteiger partial charge in [-0.05, 0) is 43.5 Å². The lowest BCUT2D eigenvalue weighted by Crippen LogP contribution is -2.12. The smallest absolute Gasteiger partial charge is 0.398 e. The van der Waals surface area contributed by atoms with Crippen LogP contribution in [0, 0.1) is 20.8 Å². The Hall–Kier alpha value is -0.710. The molecule has 0 radical (unpaired) electrons. The molecule has 5 heteroatoms. The summed E-state index contributed by atoms with van der Waals surface area (Å²) in [6.45, 7) is 4.48. The van der Waals surface area contributed by atoms with E-state index in [1.165, 1.54) is 13.8 Å². The zero-order valence-electron chi connectivity index (χ0n) is 8.70. The summed E-state index contributed by atoms with van der Waals surface area (Å²) in [7, 11) is 0. The van der Waals surface area contributed by atoms with Gasteiger partial charge in [-0.1, -0.05) is 0 Å². The monoisotopic (exact) mass is 283 g/mol. The minimum atomic E-state index is -4.33. The average molecular weight is 284 g/mol. The Morgan fingerprint density at radius 3 is 1.93 bits per heavy atom. The summed E-state index contributed by atoms with van der Waals surface area (Å²) < 4.78 is 37.8.